The number of benzene rings is 1. The summed E-state index contributed by atoms with van der Waals surface area (Å²) in [5.74, 6) is 4.10. The van der Waals surface area contributed by atoms with E-state index in [0.29, 0.717) is 5.69 Å². The normalized spacial score (nSPS) is 12.2. The van der Waals surface area contributed by atoms with Crippen molar-refractivity contribution in [2.75, 3.05) is 5.32 Å². The van der Waals surface area contributed by atoms with Crippen LogP contribution in [-0.2, 0) is 9.63 Å². The number of carbonyl (C=O) groups excluding carboxylic acids is 1. The zero-order valence-electron chi connectivity index (χ0n) is 7.66. The molecule has 3 N–H and O–H groups in total. The summed E-state index contributed by atoms with van der Waals surface area (Å²) in [4.78, 5) is 15.5. The molecule has 0 heterocycles. The molecule has 1 aromatic carbocycles. The Morgan fingerprint density at radius 3 is 2.57 bits per heavy atom. The number of hydrogen-bond donors (Lipinski definition) is 2. The third kappa shape index (κ3) is 2.79. The zero-order chi connectivity index (χ0) is 10.6. The largest absolute Gasteiger partial charge is 0.324 e. The molecule has 0 aromatic heterocycles. The van der Waals surface area contributed by atoms with Gasteiger partial charge in [-0.25, -0.2) is 10.3 Å². The first-order chi connectivity index (χ1) is 6.63. The highest BCUT2D eigenvalue weighted by atomic mass is 19.1. The molecule has 0 spiro atoms. The monoisotopic (exact) mass is 198 g/mol. The number of rotatable bonds is 3. The Morgan fingerprint density at radius 1 is 1.50 bits per heavy atom. The molecule has 76 valence electrons. The van der Waals surface area contributed by atoms with Gasteiger partial charge in [0.2, 0.25) is 0 Å². The molecule has 1 unspecified atom stereocenters. The fourth-order valence-corrected chi connectivity index (χ4v) is 0.839. The van der Waals surface area contributed by atoms with E-state index in [1.807, 2.05) is 0 Å². The summed E-state index contributed by atoms with van der Waals surface area (Å²) in [6, 6.07) is 5.42. The predicted octanol–water partition coefficient (Wildman–Crippen LogP) is 1.04. The molecule has 1 rings (SSSR count). The van der Waals surface area contributed by atoms with Crippen molar-refractivity contribution in [2.45, 2.75) is 13.0 Å². The molecule has 0 bridgehead atoms. The molecule has 0 radical (unpaired) electrons. The number of anilines is 1. The van der Waals surface area contributed by atoms with Crippen molar-refractivity contribution in [2.24, 2.45) is 5.90 Å². The van der Waals surface area contributed by atoms with E-state index >= 15 is 0 Å². The minimum absolute atomic E-state index is 0.355. The van der Waals surface area contributed by atoms with Crippen molar-refractivity contribution in [1.29, 1.82) is 0 Å². The van der Waals surface area contributed by atoms with Crippen molar-refractivity contribution < 1.29 is 14.0 Å². The Morgan fingerprint density at radius 2 is 2.07 bits per heavy atom. The van der Waals surface area contributed by atoms with Gasteiger partial charge in [-0.1, -0.05) is 0 Å². The van der Waals surface area contributed by atoms with Gasteiger partial charge >= 0.3 is 0 Å². The molecular weight excluding hydrogens is 187 g/mol. The van der Waals surface area contributed by atoms with E-state index in [2.05, 4.69) is 10.2 Å². The van der Waals surface area contributed by atoms with Gasteiger partial charge in [0.1, 0.15) is 5.82 Å². The van der Waals surface area contributed by atoms with Crippen LogP contribution in [0, 0.1) is 5.82 Å². The van der Waals surface area contributed by atoms with E-state index in [4.69, 9.17) is 5.90 Å². The average Bonchev–Trinajstić information content (AvgIpc) is 2.20. The van der Waals surface area contributed by atoms with E-state index in [-0.39, 0.29) is 11.7 Å². The lowest BCUT2D eigenvalue weighted by Crippen LogP contribution is -2.29. The smallest absolute Gasteiger partial charge is 0.255 e. The van der Waals surface area contributed by atoms with Crippen molar-refractivity contribution >= 4 is 11.6 Å². The molecule has 1 atom stereocenters. The van der Waals surface area contributed by atoms with Crippen LogP contribution in [0.15, 0.2) is 24.3 Å². The average molecular weight is 198 g/mol. The van der Waals surface area contributed by atoms with Crippen molar-refractivity contribution in [3.63, 3.8) is 0 Å². The molecule has 0 fully saturated rings. The lowest BCUT2D eigenvalue weighted by atomic mass is 10.3. The molecule has 0 aliphatic heterocycles. The Balaban J connectivity index is 2.60. The highest BCUT2D eigenvalue weighted by Crippen LogP contribution is 2.08. The Labute approximate surface area is 80.8 Å². The van der Waals surface area contributed by atoms with Crippen LogP contribution < -0.4 is 11.2 Å². The fraction of sp³-hybridized carbons (Fsp3) is 0.222. The molecule has 0 aliphatic rings. The van der Waals surface area contributed by atoms with Crippen LogP contribution in [0.25, 0.3) is 0 Å². The number of carbonyl (C=O) groups is 1. The molecule has 0 aliphatic carbocycles. The van der Waals surface area contributed by atoms with Gasteiger partial charge in [0.25, 0.3) is 5.91 Å². The molecule has 0 saturated heterocycles. The summed E-state index contributed by atoms with van der Waals surface area (Å²) in [5.41, 5.74) is 0.500. The maximum Gasteiger partial charge on any atom is 0.255 e. The first-order valence-corrected chi connectivity index (χ1v) is 4.05. The fourth-order valence-electron chi connectivity index (χ4n) is 0.839. The highest BCUT2D eigenvalue weighted by molar-refractivity contribution is 5.93. The van der Waals surface area contributed by atoms with Gasteiger partial charge in [-0.3, -0.25) is 9.63 Å². The third-order valence-corrected chi connectivity index (χ3v) is 1.69. The summed E-state index contributed by atoms with van der Waals surface area (Å²) in [6.45, 7) is 1.51. The van der Waals surface area contributed by atoms with Crippen LogP contribution in [0.5, 0.6) is 0 Å². The van der Waals surface area contributed by atoms with Gasteiger partial charge in [0.15, 0.2) is 6.10 Å². The number of nitrogens with one attached hydrogen (secondary N) is 1. The topological polar surface area (TPSA) is 64.3 Å². The molecule has 1 amide bonds. The molecule has 1 aromatic rings. The lowest BCUT2D eigenvalue weighted by Gasteiger charge is -2.09. The van der Waals surface area contributed by atoms with Gasteiger partial charge in [0, 0.05) is 5.69 Å². The first-order valence-electron chi connectivity index (χ1n) is 4.05. The third-order valence-electron chi connectivity index (χ3n) is 1.69. The Hall–Kier alpha value is -1.46. The minimum Gasteiger partial charge on any atom is -0.324 e. The van der Waals surface area contributed by atoms with Crippen LogP contribution in [0.1, 0.15) is 6.92 Å². The summed E-state index contributed by atoms with van der Waals surface area (Å²) in [5, 5.41) is 2.51. The second kappa shape index (κ2) is 4.69. The van der Waals surface area contributed by atoms with Gasteiger partial charge < -0.3 is 5.32 Å². The van der Waals surface area contributed by atoms with Gasteiger partial charge in [-0.05, 0) is 31.2 Å². The highest BCUT2D eigenvalue weighted by Gasteiger charge is 2.11. The van der Waals surface area contributed by atoms with E-state index < -0.39 is 6.10 Å². The zero-order valence-corrected chi connectivity index (χ0v) is 7.66. The second-order valence-corrected chi connectivity index (χ2v) is 2.77. The minimum atomic E-state index is -0.736. The maximum atomic E-state index is 12.5. The SMILES string of the molecule is CC(ON)C(=O)Nc1ccc(F)cc1. The van der Waals surface area contributed by atoms with Gasteiger partial charge in [0.05, 0.1) is 0 Å². The van der Waals surface area contributed by atoms with Crippen LogP contribution in [0.2, 0.25) is 0 Å². The number of hydrogen-bond acceptors (Lipinski definition) is 3. The van der Waals surface area contributed by atoms with Crippen molar-refractivity contribution in [3.05, 3.63) is 30.1 Å². The Bertz CT molecular complexity index is 313. The Kier molecular flexibility index (Phi) is 3.55. The number of halogens is 1. The van der Waals surface area contributed by atoms with E-state index in [1.165, 1.54) is 31.2 Å². The molecule has 5 heteroatoms. The van der Waals surface area contributed by atoms with Crippen molar-refractivity contribution in [3.8, 4) is 0 Å². The van der Waals surface area contributed by atoms with E-state index in [9.17, 15) is 9.18 Å². The number of nitrogens with two attached hydrogens (primary N) is 1. The quantitative estimate of drug-likeness (QED) is 0.713. The summed E-state index contributed by atoms with van der Waals surface area (Å²) in [6.07, 6.45) is -0.736. The van der Waals surface area contributed by atoms with Crippen LogP contribution in [-0.4, -0.2) is 12.0 Å². The van der Waals surface area contributed by atoms with Gasteiger partial charge in [-0.15, -0.1) is 0 Å². The van der Waals surface area contributed by atoms with Crippen LogP contribution >= 0.6 is 0 Å². The molecular formula is C9H11FN2O2. The molecule has 0 saturated carbocycles. The van der Waals surface area contributed by atoms with E-state index in [1.54, 1.807) is 0 Å². The van der Waals surface area contributed by atoms with Gasteiger partial charge in [-0.2, -0.15) is 0 Å². The number of amides is 1. The van der Waals surface area contributed by atoms with E-state index in [0.717, 1.165) is 0 Å². The standard InChI is InChI=1S/C9H11FN2O2/c1-6(14-11)9(13)12-8-4-2-7(10)3-5-8/h2-6H,11H2,1H3,(H,12,13). The predicted molar refractivity (Wildman–Crippen MR) is 49.8 cm³/mol. The lowest BCUT2D eigenvalue weighted by molar-refractivity contribution is -0.126. The molecule has 4 nitrogen and oxygen atoms in total. The summed E-state index contributed by atoms with van der Waals surface area (Å²) < 4.78 is 12.5. The molecule has 14 heavy (non-hydrogen) atoms. The first kappa shape index (κ1) is 10.6. The van der Waals surface area contributed by atoms with Crippen LogP contribution in [0.4, 0.5) is 10.1 Å². The maximum absolute atomic E-state index is 12.5. The van der Waals surface area contributed by atoms with Crippen molar-refractivity contribution in [1.82, 2.24) is 0 Å². The second-order valence-electron chi connectivity index (χ2n) is 2.77. The summed E-state index contributed by atoms with van der Waals surface area (Å²) >= 11 is 0. The summed E-state index contributed by atoms with van der Waals surface area (Å²) in [7, 11) is 0. The van der Waals surface area contributed by atoms with Crippen LogP contribution in [0.3, 0.4) is 0 Å².